The summed E-state index contributed by atoms with van der Waals surface area (Å²) >= 11 is 0. The van der Waals surface area contributed by atoms with E-state index in [1.807, 2.05) is 0 Å². The van der Waals surface area contributed by atoms with Crippen LogP contribution in [0.2, 0.25) is 0 Å². The Morgan fingerprint density at radius 3 is 1.50 bits per heavy atom. The van der Waals surface area contributed by atoms with E-state index in [-0.39, 0.29) is 6.79 Å². The second kappa shape index (κ2) is 11.7. The fraction of sp³-hybridized carbons (Fsp3) is 0.400. The van der Waals surface area contributed by atoms with Crippen LogP contribution in [0.25, 0.3) is 0 Å². The lowest BCUT2D eigenvalue weighted by Gasteiger charge is -2.16. The minimum absolute atomic E-state index is 0.229. The molecule has 3 rings (SSSR count). The van der Waals surface area contributed by atoms with Crippen molar-refractivity contribution >= 4 is 0 Å². The molecule has 0 aliphatic rings. The highest BCUT2D eigenvalue weighted by atomic mass is 16.7. The Morgan fingerprint density at radius 2 is 0.912 bits per heavy atom. The number of methoxy groups -OCH3 is 1. The molecule has 0 saturated heterocycles. The van der Waals surface area contributed by atoms with E-state index < -0.39 is 0 Å². The van der Waals surface area contributed by atoms with Gasteiger partial charge in [0, 0.05) is 7.11 Å². The normalized spacial score (nSPS) is 11.2. The average Bonchev–Trinajstić information content (AvgIpc) is 2.77. The number of hydrogen-bond donors (Lipinski definition) is 0. The molecule has 0 radical (unpaired) electrons. The maximum atomic E-state index is 6.31. The summed E-state index contributed by atoms with van der Waals surface area (Å²) in [7, 11) is 1.72. The molecule has 3 aromatic carbocycles. The molecule has 0 bridgehead atoms. The van der Waals surface area contributed by atoms with E-state index in [0.29, 0.717) is 19.8 Å². The van der Waals surface area contributed by atoms with E-state index in [1.54, 1.807) is 7.11 Å². The van der Waals surface area contributed by atoms with Crippen molar-refractivity contribution in [3.63, 3.8) is 0 Å². The number of rotatable bonds is 10. The lowest BCUT2D eigenvalue weighted by atomic mass is 10.0. The molecule has 34 heavy (non-hydrogen) atoms. The molecule has 0 saturated carbocycles. The summed E-state index contributed by atoms with van der Waals surface area (Å²) in [4.78, 5) is 0. The summed E-state index contributed by atoms with van der Waals surface area (Å²) in [5.41, 5.74) is 11.8. The quantitative estimate of drug-likeness (QED) is 0.231. The molecule has 0 aliphatic carbocycles. The molecule has 0 amide bonds. The van der Waals surface area contributed by atoms with Crippen LogP contribution < -0.4 is 4.74 Å². The predicted octanol–water partition coefficient (Wildman–Crippen LogP) is 7.48. The highest BCUT2D eigenvalue weighted by Gasteiger charge is 2.11. The number of aryl methyl sites for hydroxylation is 7. The minimum atomic E-state index is 0.229. The maximum absolute atomic E-state index is 6.31. The first kappa shape index (κ1) is 26.0. The summed E-state index contributed by atoms with van der Waals surface area (Å²) in [6.07, 6.45) is 0. The summed E-state index contributed by atoms with van der Waals surface area (Å²) in [6, 6.07) is 12.9. The molecular formula is C30H38O4. The lowest BCUT2D eigenvalue weighted by Crippen LogP contribution is -2.05. The molecule has 0 unspecified atom stereocenters. The van der Waals surface area contributed by atoms with Gasteiger partial charge in [-0.2, -0.15) is 0 Å². The van der Waals surface area contributed by atoms with Gasteiger partial charge >= 0.3 is 0 Å². The van der Waals surface area contributed by atoms with Crippen molar-refractivity contribution in [3.05, 3.63) is 92.0 Å². The van der Waals surface area contributed by atoms with Gasteiger partial charge in [0.15, 0.2) is 0 Å². The van der Waals surface area contributed by atoms with Crippen molar-refractivity contribution in [2.45, 2.75) is 68.3 Å². The van der Waals surface area contributed by atoms with E-state index in [1.165, 1.54) is 33.4 Å². The first-order valence-electron chi connectivity index (χ1n) is 11.8. The first-order valence-corrected chi connectivity index (χ1v) is 11.8. The van der Waals surface area contributed by atoms with Gasteiger partial charge in [-0.3, -0.25) is 0 Å². The van der Waals surface area contributed by atoms with Crippen molar-refractivity contribution in [2.75, 3.05) is 13.9 Å². The van der Waals surface area contributed by atoms with Gasteiger partial charge in [-0.15, -0.1) is 0 Å². The Balaban J connectivity index is 1.60. The standard InChI is InChI=1S/C30H38O4/c1-19-9-24(6)29(12-20(19)2)34-30-14-28(23(5)11-25(30)7)17-33-18-32-16-27-13-26(15-31-8)21(3)10-22(27)4/h9-14H,15-18H2,1-8H3. The Hall–Kier alpha value is -2.66. The van der Waals surface area contributed by atoms with Crippen LogP contribution in [0.15, 0.2) is 36.4 Å². The third-order valence-electron chi connectivity index (χ3n) is 6.42. The first-order chi connectivity index (χ1) is 16.2. The van der Waals surface area contributed by atoms with Crippen LogP contribution >= 0.6 is 0 Å². The molecule has 3 aromatic rings. The molecule has 0 fully saturated rings. The van der Waals surface area contributed by atoms with Gasteiger partial charge in [0.2, 0.25) is 0 Å². The molecule has 0 spiro atoms. The smallest absolute Gasteiger partial charge is 0.147 e. The Labute approximate surface area is 204 Å². The zero-order valence-electron chi connectivity index (χ0n) is 21.9. The summed E-state index contributed by atoms with van der Waals surface area (Å²) in [5.74, 6) is 1.75. The fourth-order valence-electron chi connectivity index (χ4n) is 4.08. The van der Waals surface area contributed by atoms with Crippen LogP contribution in [0.1, 0.15) is 55.6 Å². The van der Waals surface area contributed by atoms with Gasteiger partial charge in [0.1, 0.15) is 18.3 Å². The molecule has 0 atom stereocenters. The van der Waals surface area contributed by atoms with Crippen LogP contribution in [0.4, 0.5) is 0 Å². The maximum Gasteiger partial charge on any atom is 0.147 e. The van der Waals surface area contributed by atoms with Gasteiger partial charge in [0.05, 0.1) is 19.8 Å². The van der Waals surface area contributed by atoms with Crippen molar-refractivity contribution < 1.29 is 18.9 Å². The van der Waals surface area contributed by atoms with E-state index in [4.69, 9.17) is 18.9 Å². The monoisotopic (exact) mass is 462 g/mol. The summed E-state index contributed by atoms with van der Waals surface area (Å²) < 4.78 is 23.3. The van der Waals surface area contributed by atoms with E-state index >= 15 is 0 Å². The van der Waals surface area contributed by atoms with E-state index in [2.05, 4.69) is 84.9 Å². The zero-order valence-corrected chi connectivity index (χ0v) is 21.9. The highest BCUT2D eigenvalue weighted by Crippen LogP contribution is 2.32. The summed E-state index contributed by atoms with van der Waals surface area (Å²) in [6.45, 7) is 16.5. The lowest BCUT2D eigenvalue weighted by molar-refractivity contribution is -0.0692. The van der Waals surface area contributed by atoms with Crippen LogP contribution in [0.3, 0.4) is 0 Å². The molecule has 0 heterocycles. The van der Waals surface area contributed by atoms with Crippen LogP contribution in [0, 0.1) is 48.5 Å². The third-order valence-corrected chi connectivity index (χ3v) is 6.42. The zero-order chi connectivity index (χ0) is 24.8. The van der Waals surface area contributed by atoms with E-state index in [9.17, 15) is 0 Å². The topological polar surface area (TPSA) is 36.9 Å². The predicted molar refractivity (Wildman–Crippen MR) is 138 cm³/mol. The van der Waals surface area contributed by atoms with Gasteiger partial charge < -0.3 is 18.9 Å². The SMILES string of the molecule is COCc1cc(COCOCc2cc(Oc3cc(C)c(C)cc3C)c(C)cc2C)c(C)cc1C. The number of ether oxygens (including phenoxy) is 4. The minimum Gasteiger partial charge on any atom is -0.457 e. The second-order valence-corrected chi connectivity index (χ2v) is 9.30. The third kappa shape index (κ3) is 6.47. The molecule has 4 heteroatoms. The fourth-order valence-corrected chi connectivity index (χ4v) is 4.08. The number of benzene rings is 3. The average molecular weight is 463 g/mol. The van der Waals surface area contributed by atoms with Crippen molar-refractivity contribution in [3.8, 4) is 11.5 Å². The Bertz CT molecular complexity index is 1150. The van der Waals surface area contributed by atoms with Crippen LogP contribution in [-0.2, 0) is 34.0 Å². The van der Waals surface area contributed by atoms with Crippen LogP contribution in [0.5, 0.6) is 11.5 Å². The molecule has 0 N–H and O–H groups in total. The van der Waals surface area contributed by atoms with Crippen LogP contribution in [-0.4, -0.2) is 13.9 Å². The van der Waals surface area contributed by atoms with Gasteiger partial charge in [-0.25, -0.2) is 0 Å². The van der Waals surface area contributed by atoms with Gasteiger partial charge in [0.25, 0.3) is 0 Å². The van der Waals surface area contributed by atoms with Crippen molar-refractivity contribution in [2.24, 2.45) is 0 Å². The Kier molecular flexibility index (Phi) is 8.90. The second-order valence-electron chi connectivity index (χ2n) is 9.30. The highest BCUT2D eigenvalue weighted by molar-refractivity contribution is 5.47. The number of hydrogen-bond acceptors (Lipinski definition) is 4. The largest absolute Gasteiger partial charge is 0.457 e. The van der Waals surface area contributed by atoms with Crippen molar-refractivity contribution in [1.29, 1.82) is 0 Å². The molecule has 4 nitrogen and oxygen atoms in total. The van der Waals surface area contributed by atoms with E-state index in [0.717, 1.165) is 33.8 Å². The van der Waals surface area contributed by atoms with Gasteiger partial charge in [-0.1, -0.05) is 24.3 Å². The molecular weight excluding hydrogens is 424 g/mol. The molecule has 0 aliphatic heterocycles. The summed E-state index contributed by atoms with van der Waals surface area (Å²) in [5, 5.41) is 0. The molecule has 0 aromatic heterocycles. The van der Waals surface area contributed by atoms with Gasteiger partial charge in [-0.05, 0) is 116 Å². The molecule has 182 valence electrons. The Morgan fingerprint density at radius 1 is 0.471 bits per heavy atom. The van der Waals surface area contributed by atoms with Crippen molar-refractivity contribution in [1.82, 2.24) is 0 Å².